The van der Waals surface area contributed by atoms with Gasteiger partial charge in [-0.25, -0.2) is 5.43 Å². The van der Waals surface area contributed by atoms with Gasteiger partial charge in [-0.05, 0) is 72.2 Å². The molecule has 2 N–H and O–H groups in total. The number of carbonyl (C=O) groups excluding carboxylic acids is 1. The number of phenolic OH excluding ortho intramolecular Hbond substituents is 1. The first kappa shape index (κ1) is 19.2. The highest BCUT2D eigenvalue weighted by Crippen LogP contribution is 2.32. The number of aromatic hydroxyl groups is 1. The van der Waals surface area contributed by atoms with E-state index >= 15 is 0 Å². The van der Waals surface area contributed by atoms with E-state index in [-0.39, 0.29) is 18.1 Å². The van der Waals surface area contributed by atoms with Crippen LogP contribution in [0.25, 0.3) is 0 Å². The zero-order valence-corrected chi connectivity index (χ0v) is 16.6. The maximum Gasteiger partial charge on any atom is 0.244 e. The molecule has 0 aliphatic carbocycles. The van der Waals surface area contributed by atoms with Gasteiger partial charge < -0.3 is 9.84 Å². The van der Waals surface area contributed by atoms with E-state index < -0.39 is 0 Å². The molecular formula is C19H21IN2O3. The van der Waals surface area contributed by atoms with Gasteiger partial charge >= 0.3 is 0 Å². The van der Waals surface area contributed by atoms with E-state index in [1.165, 1.54) is 11.8 Å². The molecule has 0 unspecified atom stereocenters. The quantitative estimate of drug-likeness (QED) is 0.399. The first-order valence-corrected chi connectivity index (χ1v) is 9.02. The number of phenols is 1. The van der Waals surface area contributed by atoms with E-state index in [0.29, 0.717) is 15.9 Å². The minimum absolute atomic E-state index is 0.110. The van der Waals surface area contributed by atoms with Crippen LogP contribution >= 0.6 is 22.6 Å². The first-order chi connectivity index (χ1) is 11.9. The number of hydrogen-bond acceptors (Lipinski definition) is 4. The third-order valence-electron chi connectivity index (χ3n) is 3.60. The van der Waals surface area contributed by atoms with Crippen molar-refractivity contribution in [2.75, 3.05) is 6.61 Å². The molecule has 0 spiro atoms. The van der Waals surface area contributed by atoms with Crippen LogP contribution in [0.4, 0.5) is 0 Å². The molecule has 6 heteroatoms. The molecule has 0 aliphatic heterocycles. The summed E-state index contributed by atoms with van der Waals surface area (Å²) < 4.78 is 6.04. The summed E-state index contributed by atoms with van der Waals surface area (Å²) in [4.78, 5) is 12.0. The number of aryl methyl sites for hydroxylation is 2. The number of hydrogen-bond donors (Lipinski definition) is 2. The predicted molar refractivity (Wildman–Crippen MR) is 107 cm³/mol. The van der Waals surface area contributed by atoms with Crippen LogP contribution in [0.15, 0.2) is 35.4 Å². The maximum absolute atomic E-state index is 12.0. The highest BCUT2D eigenvalue weighted by atomic mass is 127. The first-order valence-electron chi connectivity index (χ1n) is 7.94. The number of halogens is 1. The van der Waals surface area contributed by atoms with Crippen LogP contribution in [0, 0.1) is 17.4 Å². The van der Waals surface area contributed by atoms with Gasteiger partial charge in [-0.3, -0.25) is 4.79 Å². The van der Waals surface area contributed by atoms with Gasteiger partial charge in [0.2, 0.25) is 5.91 Å². The van der Waals surface area contributed by atoms with Crippen LogP contribution in [0.2, 0.25) is 0 Å². The van der Waals surface area contributed by atoms with E-state index in [1.54, 1.807) is 12.1 Å². The zero-order valence-electron chi connectivity index (χ0n) is 14.5. The number of hydrazone groups is 1. The van der Waals surface area contributed by atoms with Crippen molar-refractivity contribution in [2.45, 2.75) is 27.2 Å². The van der Waals surface area contributed by atoms with Crippen LogP contribution in [0.3, 0.4) is 0 Å². The van der Waals surface area contributed by atoms with E-state index in [0.717, 1.165) is 16.7 Å². The molecule has 2 aromatic carbocycles. The summed E-state index contributed by atoms with van der Waals surface area (Å²) in [6.07, 6.45) is 1.81. The SMILES string of the molecule is CCOc1cc(/C=N\NC(=O)Cc2ccc(C)cc2C)cc(I)c1O. The molecule has 0 saturated heterocycles. The molecule has 0 heterocycles. The summed E-state index contributed by atoms with van der Waals surface area (Å²) in [6, 6.07) is 9.45. The van der Waals surface area contributed by atoms with Crippen molar-refractivity contribution in [3.8, 4) is 11.5 Å². The monoisotopic (exact) mass is 452 g/mol. The third kappa shape index (κ3) is 5.45. The number of nitrogens with one attached hydrogen (secondary N) is 1. The highest BCUT2D eigenvalue weighted by Gasteiger charge is 2.09. The van der Waals surface area contributed by atoms with E-state index in [9.17, 15) is 9.90 Å². The largest absolute Gasteiger partial charge is 0.504 e. The lowest BCUT2D eigenvalue weighted by atomic mass is 10.0. The van der Waals surface area contributed by atoms with Gasteiger partial charge in [-0.15, -0.1) is 0 Å². The summed E-state index contributed by atoms with van der Waals surface area (Å²) in [6.45, 7) is 6.32. The summed E-state index contributed by atoms with van der Waals surface area (Å²) in [5, 5.41) is 13.9. The minimum Gasteiger partial charge on any atom is -0.504 e. The molecule has 0 fully saturated rings. The second-order valence-electron chi connectivity index (χ2n) is 5.68. The van der Waals surface area contributed by atoms with Crippen LogP contribution in [0.5, 0.6) is 11.5 Å². The molecule has 0 bridgehead atoms. The summed E-state index contributed by atoms with van der Waals surface area (Å²) >= 11 is 2.02. The summed E-state index contributed by atoms with van der Waals surface area (Å²) in [7, 11) is 0. The summed E-state index contributed by atoms with van der Waals surface area (Å²) in [5.41, 5.74) is 6.51. The fraction of sp³-hybridized carbons (Fsp3) is 0.263. The van der Waals surface area contributed by atoms with Crippen molar-refractivity contribution in [1.29, 1.82) is 0 Å². The number of nitrogens with zero attached hydrogens (tertiary/aromatic N) is 1. The van der Waals surface area contributed by atoms with Crippen LogP contribution in [0.1, 0.15) is 29.2 Å². The van der Waals surface area contributed by atoms with Gasteiger partial charge in [0.05, 0.1) is 22.8 Å². The Morgan fingerprint density at radius 1 is 1.32 bits per heavy atom. The van der Waals surface area contributed by atoms with Crippen LogP contribution < -0.4 is 10.2 Å². The van der Waals surface area contributed by atoms with Gasteiger partial charge in [0.1, 0.15) is 0 Å². The van der Waals surface area contributed by atoms with Crippen molar-refractivity contribution < 1.29 is 14.6 Å². The lowest BCUT2D eigenvalue weighted by Crippen LogP contribution is -2.20. The Hall–Kier alpha value is -2.09. The maximum atomic E-state index is 12.0. The molecule has 2 rings (SSSR count). The standard InChI is InChI=1S/C19H21IN2O3/c1-4-25-17-9-14(8-16(20)19(17)24)11-21-22-18(23)10-15-6-5-12(2)7-13(15)3/h5-9,11,24H,4,10H2,1-3H3,(H,22,23)/b21-11-. The molecule has 132 valence electrons. The van der Waals surface area contributed by atoms with E-state index in [2.05, 4.69) is 16.6 Å². The Morgan fingerprint density at radius 3 is 2.76 bits per heavy atom. The molecule has 5 nitrogen and oxygen atoms in total. The summed E-state index contributed by atoms with van der Waals surface area (Å²) in [5.74, 6) is 0.331. The topological polar surface area (TPSA) is 70.9 Å². The number of ether oxygens (including phenoxy) is 1. The highest BCUT2D eigenvalue weighted by molar-refractivity contribution is 14.1. The second kappa shape index (κ2) is 8.84. The zero-order chi connectivity index (χ0) is 18.4. The fourth-order valence-electron chi connectivity index (χ4n) is 2.37. The second-order valence-corrected chi connectivity index (χ2v) is 6.84. The average molecular weight is 452 g/mol. The normalized spacial score (nSPS) is 10.9. The fourth-order valence-corrected chi connectivity index (χ4v) is 2.99. The van der Waals surface area contributed by atoms with Gasteiger partial charge in [0, 0.05) is 0 Å². The van der Waals surface area contributed by atoms with Crippen molar-refractivity contribution in [1.82, 2.24) is 5.43 Å². The molecule has 1 amide bonds. The molecular weight excluding hydrogens is 431 g/mol. The molecule has 25 heavy (non-hydrogen) atoms. The predicted octanol–water partition coefficient (Wildman–Crippen LogP) is 3.71. The molecule has 0 atom stereocenters. The molecule has 0 aromatic heterocycles. The Labute approximate surface area is 161 Å². The Morgan fingerprint density at radius 2 is 2.08 bits per heavy atom. The van der Waals surface area contributed by atoms with Crippen molar-refractivity contribution in [3.63, 3.8) is 0 Å². The molecule has 2 aromatic rings. The lowest BCUT2D eigenvalue weighted by Gasteiger charge is -2.08. The molecule has 0 aliphatic rings. The van der Waals surface area contributed by atoms with Crippen LogP contribution in [-0.2, 0) is 11.2 Å². The van der Waals surface area contributed by atoms with Gasteiger partial charge in [0.25, 0.3) is 0 Å². The van der Waals surface area contributed by atoms with E-state index in [1.807, 2.05) is 55.5 Å². The number of carbonyl (C=O) groups is 1. The van der Waals surface area contributed by atoms with E-state index in [4.69, 9.17) is 4.74 Å². The minimum atomic E-state index is -0.179. The van der Waals surface area contributed by atoms with Gasteiger partial charge in [-0.2, -0.15) is 5.10 Å². The van der Waals surface area contributed by atoms with Crippen molar-refractivity contribution in [3.05, 3.63) is 56.2 Å². The Kier molecular flexibility index (Phi) is 6.81. The number of rotatable bonds is 6. The van der Waals surface area contributed by atoms with Crippen molar-refractivity contribution >= 4 is 34.7 Å². The van der Waals surface area contributed by atoms with Crippen molar-refractivity contribution in [2.24, 2.45) is 5.10 Å². The average Bonchev–Trinajstić information content (AvgIpc) is 2.55. The molecule has 0 saturated carbocycles. The number of amides is 1. The Bertz CT molecular complexity index is 803. The smallest absolute Gasteiger partial charge is 0.244 e. The van der Waals surface area contributed by atoms with Crippen LogP contribution in [-0.4, -0.2) is 23.8 Å². The Balaban J connectivity index is 2.01. The van der Waals surface area contributed by atoms with Gasteiger partial charge in [-0.1, -0.05) is 23.8 Å². The molecule has 0 radical (unpaired) electrons. The third-order valence-corrected chi connectivity index (χ3v) is 4.42. The van der Waals surface area contributed by atoms with Gasteiger partial charge in [0.15, 0.2) is 11.5 Å². The lowest BCUT2D eigenvalue weighted by molar-refractivity contribution is -0.120. The number of benzene rings is 2.